The van der Waals surface area contributed by atoms with E-state index in [0.717, 1.165) is 35.4 Å². The van der Waals surface area contributed by atoms with Gasteiger partial charge in [0.25, 0.3) is 5.91 Å². The maximum absolute atomic E-state index is 15.2. The van der Waals surface area contributed by atoms with E-state index in [1.807, 2.05) is 54.6 Å². The highest BCUT2D eigenvalue weighted by Crippen LogP contribution is 2.60. The van der Waals surface area contributed by atoms with Crippen LogP contribution < -0.4 is 24.5 Å². The predicted molar refractivity (Wildman–Crippen MR) is 195 cm³/mol. The fourth-order valence-corrected chi connectivity index (χ4v) is 13.1. The van der Waals surface area contributed by atoms with E-state index in [9.17, 15) is 14.7 Å². The van der Waals surface area contributed by atoms with Gasteiger partial charge in [0, 0.05) is 23.7 Å². The second-order valence-electron chi connectivity index (χ2n) is 14.6. The number of likely N-dealkylation sites (tertiary alicyclic amines) is 1. The molecule has 0 aliphatic carbocycles. The Bertz CT molecular complexity index is 1820. The fourth-order valence-electron chi connectivity index (χ4n) is 9.05. The number of ether oxygens (including phenoxy) is 4. The van der Waals surface area contributed by atoms with E-state index in [4.69, 9.17) is 18.9 Å². The molecule has 3 aromatic carbocycles. The van der Waals surface area contributed by atoms with Crippen molar-refractivity contribution in [3.05, 3.63) is 77.9 Å². The summed E-state index contributed by atoms with van der Waals surface area (Å²) in [5, 5.41) is 11.2. The van der Waals surface area contributed by atoms with Crippen molar-refractivity contribution in [2.24, 2.45) is 5.92 Å². The van der Waals surface area contributed by atoms with Crippen LogP contribution in [-0.4, -0.2) is 88.7 Å². The molecular weight excluding hydrogens is 667 g/mol. The van der Waals surface area contributed by atoms with Crippen LogP contribution in [0, 0.1) is 5.92 Å². The molecule has 0 aromatic heterocycles. The van der Waals surface area contributed by atoms with Gasteiger partial charge in [0.15, 0.2) is 5.60 Å². The Morgan fingerprint density at radius 2 is 1.75 bits per heavy atom. The summed E-state index contributed by atoms with van der Waals surface area (Å²) in [4.78, 5) is 46.8. The summed E-state index contributed by atoms with van der Waals surface area (Å²) in [5.41, 5.74) is 1.53. The lowest BCUT2D eigenvalue weighted by atomic mass is 9.82. The van der Waals surface area contributed by atoms with Gasteiger partial charge in [-0.1, -0.05) is 49.5 Å². The number of amides is 3. The highest BCUT2D eigenvalue weighted by Gasteiger charge is 2.66. The third kappa shape index (κ3) is 5.86. The van der Waals surface area contributed by atoms with Crippen molar-refractivity contribution < 1.29 is 38.4 Å². The van der Waals surface area contributed by atoms with Crippen LogP contribution in [0.25, 0.3) is 0 Å². The first kappa shape index (κ1) is 35.0. The van der Waals surface area contributed by atoms with Crippen LogP contribution in [0.3, 0.4) is 0 Å². The lowest BCUT2D eigenvalue weighted by Gasteiger charge is -2.37. The van der Waals surface area contributed by atoms with Gasteiger partial charge in [-0.3, -0.25) is 14.5 Å². The predicted octanol–water partition coefficient (Wildman–Crippen LogP) is 4.80. The van der Waals surface area contributed by atoms with E-state index in [1.54, 1.807) is 28.9 Å². The number of aliphatic hydroxyl groups is 1. The normalized spacial score (nSPS) is 25.9. The van der Waals surface area contributed by atoms with Gasteiger partial charge in [0.05, 0.1) is 66.2 Å². The molecule has 1 N–H and O–H groups in total. The highest BCUT2D eigenvalue weighted by atomic mass is 28.3. The Morgan fingerprint density at radius 3 is 2.43 bits per heavy atom. The van der Waals surface area contributed by atoms with Gasteiger partial charge in [0.1, 0.15) is 18.1 Å². The zero-order valence-corrected chi connectivity index (χ0v) is 31.0. The minimum absolute atomic E-state index is 0.0595. The Kier molecular flexibility index (Phi) is 9.36. The van der Waals surface area contributed by atoms with E-state index in [-0.39, 0.29) is 55.0 Å². The molecule has 270 valence electrons. The van der Waals surface area contributed by atoms with E-state index in [0.29, 0.717) is 31.1 Å². The molecule has 51 heavy (non-hydrogen) atoms. The quantitative estimate of drug-likeness (QED) is 0.298. The van der Waals surface area contributed by atoms with E-state index in [2.05, 4.69) is 32.2 Å². The summed E-state index contributed by atoms with van der Waals surface area (Å²) in [7, 11) is 0.768. The van der Waals surface area contributed by atoms with Gasteiger partial charge in [-0.25, -0.2) is 4.79 Å². The summed E-state index contributed by atoms with van der Waals surface area (Å²) < 4.78 is 23.5. The van der Waals surface area contributed by atoms with Crippen LogP contribution in [0.15, 0.2) is 66.7 Å². The van der Waals surface area contributed by atoms with Gasteiger partial charge >= 0.3 is 6.09 Å². The van der Waals surface area contributed by atoms with Crippen molar-refractivity contribution in [2.45, 2.75) is 69.1 Å². The molecule has 4 aliphatic rings. The molecule has 3 saturated heterocycles. The summed E-state index contributed by atoms with van der Waals surface area (Å²) in [6.07, 6.45) is 0.788. The molecule has 3 fully saturated rings. The lowest BCUT2D eigenvalue weighted by molar-refractivity contribution is -0.150. The average Bonchev–Trinajstić information content (AvgIpc) is 3.91. The number of rotatable bonds is 10. The lowest BCUT2D eigenvalue weighted by Crippen LogP contribution is -2.52. The molecule has 7 rings (SSSR count). The van der Waals surface area contributed by atoms with Crippen LogP contribution in [0.4, 0.5) is 16.2 Å². The maximum Gasteiger partial charge on any atom is 0.414 e. The van der Waals surface area contributed by atoms with Crippen molar-refractivity contribution in [1.82, 2.24) is 4.90 Å². The Balaban J connectivity index is 1.30. The molecule has 0 unspecified atom stereocenters. The van der Waals surface area contributed by atoms with Crippen LogP contribution >= 0.6 is 0 Å². The van der Waals surface area contributed by atoms with E-state index >= 15 is 4.79 Å². The Morgan fingerprint density at radius 1 is 1.00 bits per heavy atom. The van der Waals surface area contributed by atoms with Gasteiger partial charge in [-0.05, 0) is 66.4 Å². The summed E-state index contributed by atoms with van der Waals surface area (Å²) in [6.45, 7) is 8.27. The highest BCUT2D eigenvalue weighted by molar-refractivity contribution is 6.91. The smallest absolute Gasteiger partial charge is 0.414 e. The minimum atomic E-state index is -2.48. The summed E-state index contributed by atoms with van der Waals surface area (Å²) in [6, 6.07) is 21.2. The second-order valence-corrected chi connectivity index (χ2v) is 19.3. The molecule has 3 amide bonds. The van der Waals surface area contributed by atoms with Crippen molar-refractivity contribution in [1.29, 1.82) is 0 Å². The summed E-state index contributed by atoms with van der Waals surface area (Å²) >= 11 is 0. The SMILES string of the molecule is COc1ccc([Si](C)(C)[C@@H]2[C@@H](CC(=O)N3CCC[C@H]3CO)O[C@]3(C(=O)N(Cc4cccc(N5CCOC5=O)c4)c4ccc(OC)cc43)[C@H]2C)cc1. The van der Waals surface area contributed by atoms with E-state index < -0.39 is 19.8 Å². The number of fused-ring (bicyclic) bond motifs is 2. The number of carbonyl (C=O) groups excluding carboxylic acids is 3. The monoisotopic (exact) mass is 713 g/mol. The van der Waals surface area contributed by atoms with Gasteiger partial charge in [0.2, 0.25) is 5.91 Å². The third-order valence-corrected chi connectivity index (χ3v) is 16.0. The molecule has 1 spiro atoms. The fraction of sp³-hybridized carbons (Fsp3) is 0.462. The second kappa shape index (κ2) is 13.6. The number of anilines is 2. The van der Waals surface area contributed by atoms with Gasteiger partial charge in [-0.2, -0.15) is 0 Å². The molecule has 5 atom stereocenters. The van der Waals surface area contributed by atoms with Crippen molar-refractivity contribution in [3.8, 4) is 11.5 Å². The molecule has 3 aromatic rings. The molecular formula is C39H47N3O8Si. The minimum Gasteiger partial charge on any atom is -0.497 e. The number of hydrogen-bond acceptors (Lipinski definition) is 8. The zero-order valence-electron chi connectivity index (χ0n) is 30.0. The van der Waals surface area contributed by atoms with Crippen LogP contribution in [0.2, 0.25) is 18.6 Å². The first-order chi connectivity index (χ1) is 24.5. The molecule has 4 heterocycles. The largest absolute Gasteiger partial charge is 0.497 e. The van der Waals surface area contributed by atoms with Gasteiger partial charge in [-0.15, -0.1) is 0 Å². The van der Waals surface area contributed by atoms with E-state index in [1.165, 1.54) is 5.19 Å². The molecule has 0 saturated carbocycles. The first-order valence-corrected chi connectivity index (χ1v) is 20.9. The van der Waals surface area contributed by atoms with Gasteiger partial charge < -0.3 is 33.9 Å². The van der Waals surface area contributed by atoms with Crippen molar-refractivity contribution in [3.63, 3.8) is 0 Å². The maximum atomic E-state index is 15.2. The topological polar surface area (TPSA) is 118 Å². The number of hydrogen-bond donors (Lipinski definition) is 1. The van der Waals surface area contributed by atoms with Crippen LogP contribution in [0.5, 0.6) is 11.5 Å². The zero-order chi connectivity index (χ0) is 36.1. The number of aliphatic hydroxyl groups excluding tert-OH is 1. The number of nitrogens with zero attached hydrogens (tertiary/aromatic N) is 3. The van der Waals surface area contributed by atoms with Crippen molar-refractivity contribution >= 4 is 42.5 Å². The average molecular weight is 714 g/mol. The standard InChI is InChI=1S/C39H47N3O8Si/c1-25-36(51(4,5)31-14-11-29(47-2)12-15-31)34(22-35(44)40-17-7-10-28(40)24-43)50-39(25)32-21-30(48-3)13-16-33(32)42(37(39)45)23-26-8-6-9-27(20-26)41-18-19-49-38(41)46/h6,8-9,11-16,20-21,25,28,34,36,43H,7,10,17-19,22-24H2,1-5H3/t25-,28-,34+,36-,39+/m0/s1. The number of cyclic esters (lactones) is 1. The molecule has 0 bridgehead atoms. The Hall–Kier alpha value is -4.39. The third-order valence-electron chi connectivity index (χ3n) is 11.7. The van der Waals surface area contributed by atoms with Crippen LogP contribution in [-0.2, 0) is 31.2 Å². The number of carbonyl (C=O) groups is 3. The molecule has 12 heteroatoms. The summed E-state index contributed by atoms with van der Waals surface area (Å²) in [5.74, 6) is 0.827. The van der Waals surface area contributed by atoms with Crippen LogP contribution in [0.1, 0.15) is 37.3 Å². The number of methoxy groups -OCH3 is 2. The molecule has 11 nitrogen and oxygen atoms in total. The molecule has 0 radical (unpaired) electrons. The Labute approximate surface area is 300 Å². The first-order valence-electron chi connectivity index (χ1n) is 17.8. The number of benzene rings is 3. The molecule has 4 aliphatic heterocycles. The van der Waals surface area contributed by atoms with Crippen molar-refractivity contribution in [2.75, 3.05) is 50.3 Å².